The second-order valence-corrected chi connectivity index (χ2v) is 19.0. The molecule has 2 aliphatic rings. The van der Waals surface area contributed by atoms with E-state index in [1.807, 2.05) is 24.3 Å². The minimum Gasteiger partial charge on any atom is -0.456 e. The highest BCUT2D eigenvalue weighted by Crippen LogP contribution is 2.59. The van der Waals surface area contributed by atoms with E-state index < -0.39 is 0 Å². The average Bonchev–Trinajstić information content (AvgIpc) is 4.07. The summed E-state index contributed by atoms with van der Waals surface area (Å²) < 4.78 is 12.4. The molecule has 0 N–H and O–H groups in total. The van der Waals surface area contributed by atoms with Gasteiger partial charge in [-0.15, -0.1) is 0 Å². The summed E-state index contributed by atoms with van der Waals surface area (Å²) in [5.41, 5.74) is 18.5. The molecule has 0 unspecified atom stereocenters. The number of hydrogen-bond donors (Lipinski definition) is 0. The molecular formula is C65H47NO2. The predicted molar refractivity (Wildman–Crippen MR) is 282 cm³/mol. The fourth-order valence-electron chi connectivity index (χ4n) is 12.3. The third-order valence-corrected chi connectivity index (χ3v) is 15.4. The van der Waals surface area contributed by atoms with Gasteiger partial charge in [-0.1, -0.05) is 159 Å². The lowest BCUT2D eigenvalue weighted by Gasteiger charge is -2.43. The molecule has 0 radical (unpaired) electrons. The molecular weight excluding hydrogens is 827 g/mol. The molecule has 0 saturated heterocycles. The van der Waals surface area contributed by atoms with E-state index >= 15 is 0 Å². The van der Waals surface area contributed by atoms with Gasteiger partial charge in [0.15, 0.2) is 0 Å². The molecule has 0 atom stereocenters. The zero-order chi connectivity index (χ0) is 44.8. The molecule has 0 bridgehead atoms. The van der Waals surface area contributed by atoms with Crippen molar-refractivity contribution in [3.63, 3.8) is 0 Å². The summed E-state index contributed by atoms with van der Waals surface area (Å²) >= 11 is 0. The van der Waals surface area contributed by atoms with E-state index in [1.54, 1.807) is 0 Å². The van der Waals surface area contributed by atoms with Crippen LogP contribution in [0.2, 0.25) is 0 Å². The van der Waals surface area contributed by atoms with Crippen LogP contribution in [0.25, 0.3) is 88.0 Å². The monoisotopic (exact) mass is 873 g/mol. The molecule has 2 aliphatic carbocycles. The Morgan fingerprint density at radius 1 is 0.353 bits per heavy atom. The Hall–Kier alpha value is -8.14. The number of anilines is 3. The number of benzene rings is 10. The maximum atomic E-state index is 6.20. The van der Waals surface area contributed by atoms with Crippen molar-refractivity contribution < 1.29 is 8.83 Å². The summed E-state index contributed by atoms with van der Waals surface area (Å²) in [6, 6.07) is 80.7. The highest BCUT2D eigenvalue weighted by molar-refractivity contribution is 6.07. The van der Waals surface area contributed by atoms with Gasteiger partial charge in [0.2, 0.25) is 0 Å². The smallest absolute Gasteiger partial charge is 0.135 e. The highest BCUT2D eigenvalue weighted by atomic mass is 16.3. The van der Waals surface area contributed by atoms with Crippen LogP contribution in [0, 0.1) is 5.92 Å². The number of para-hydroxylation sites is 2. The van der Waals surface area contributed by atoms with Gasteiger partial charge < -0.3 is 13.7 Å². The van der Waals surface area contributed by atoms with E-state index in [1.165, 1.54) is 87.4 Å². The van der Waals surface area contributed by atoms with E-state index in [9.17, 15) is 0 Å². The molecule has 2 heterocycles. The number of rotatable bonds is 7. The molecule has 12 aromatic rings. The SMILES string of the molecule is c1cc(N(c2ccc(-c3ccc4oc5ccccc5c4c3)cc2)c2ccc3cc(-c4ccc5oc6ccccc6c5c4)ccc3c2)cc(C2(C3CCCCC3)c3ccccc3-c3ccccc32)c1. The van der Waals surface area contributed by atoms with Crippen LogP contribution in [-0.2, 0) is 5.41 Å². The molecule has 3 heteroatoms. The number of fused-ring (bicyclic) bond motifs is 10. The van der Waals surface area contributed by atoms with E-state index in [-0.39, 0.29) is 5.41 Å². The Morgan fingerprint density at radius 2 is 0.853 bits per heavy atom. The van der Waals surface area contributed by atoms with Crippen LogP contribution < -0.4 is 4.90 Å². The van der Waals surface area contributed by atoms with E-state index in [2.05, 4.69) is 199 Å². The van der Waals surface area contributed by atoms with Crippen molar-refractivity contribution in [1.29, 1.82) is 0 Å². The summed E-state index contributed by atoms with van der Waals surface area (Å²) in [5, 5.41) is 6.95. The third-order valence-electron chi connectivity index (χ3n) is 15.4. The molecule has 14 rings (SSSR count). The first-order valence-corrected chi connectivity index (χ1v) is 24.2. The number of furan rings is 2. The summed E-state index contributed by atoms with van der Waals surface area (Å²) in [4.78, 5) is 2.46. The largest absolute Gasteiger partial charge is 0.456 e. The van der Waals surface area contributed by atoms with Crippen molar-refractivity contribution in [3.8, 4) is 33.4 Å². The second-order valence-electron chi connectivity index (χ2n) is 19.0. The first-order valence-electron chi connectivity index (χ1n) is 24.2. The quantitative estimate of drug-likeness (QED) is 0.160. The van der Waals surface area contributed by atoms with Gasteiger partial charge >= 0.3 is 0 Å². The number of hydrogen-bond acceptors (Lipinski definition) is 3. The Balaban J connectivity index is 0.910. The van der Waals surface area contributed by atoms with Gasteiger partial charge in [0.05, 0.1) is 0 Å². The minimum absolute atomic E-state index is 0.249. The molecule has 2 aromatic heterocycles. The maximum absolute atomic E-state index is 6.20. The van der Waals surface area contributed by atoms with Gasteiger partial charge in [0.1, 0.15) is 22.3 Å². The Labute approximate surface area is 395 Å². The Kier molecular flexibility index (Phi) is 8.89. The van der Waals surface area contributed by atoms with Crippen LogP contribution in [0.4, 0.5) is 17.1 Å². The molecule has 0 aliphatic heterocycles. The standard InChI is InChI=1S/C65H47NO2/c1-2-13-48(14-3-1)65(59-21-8-4-17-53(59)54-18-5-9-22-60(54)65)49-15-12-16-51(41-49)66(50-32-27-42(28-33-50)46-30-35-63-57(39-46)55-19-6-10-23-61(55)67-63)52-34-29-44-37-43(25-26-45(44)38-52)47-31-36-64-58(40-47)56-20-7-11-24-62(56)68-64/h4-12,15-41,48H,1-3,13-14H2. The van der Waals surface area contributed by atoms with Gasteiger partial charge in [-0.05, 0) is 158 Å². The van der Waals surface area contributed by atoms with E-state index in [0.717, 1.165) is 66.5 Å². The Morgan fingerprint density at radius 3 is 1.53 bits per heavy atom. The average molecular weight is 874 g/mol. The fraction of sp³-hybridized carbons (Fsp3) is 0.108. The lowest BCUT2D eigenvalue weighted by Crippen LogP contribution is -2.37. The minimum atomic E-state index is -0.249. The lowest BCUT2D eigenvalue weighted by atomic mass is 9.60. The molecule has 0 spiro atoms. The zero-order valence-corrected chi connectivity index (χ0v) is 37.7. The van der Waals surface area contributed by atoms with Gasteiger partial charge in [-0.3, -0.25) is 0 Å². The summed E-state index contributed by atoms with van der Waals surface area (Å²) in [6.45, 7) is 0. The van der Waals surface area contributed by atoms with Gasteiger partial charge in [0, 0.05) is 44.0 Å². The second kappa shape index (κ2) is 15.5. The molecule has 0 amide bonds. The van der Waals surface area contributed by atoms with Gasteiger partial charge in [0.25, 0.3) is 0 Å². The fourth-order valence-corrected chi connectivity index (χ4v) is 12.3. The highest BCUT2D eigenvalue weighted by Gasteiger charge is 2.50. The molecule has 3 nitrogen and oxygen atoms in total. The predicted octanol–water partition coefficient (Wildman–Crippen LogP) is 18.3. The lowest BCUT2D eigenvalue weighted by molar-refractivity contribution is 0.275. The van der Waals surface area contributed by atoms with E-state index in [4.69, 9.17) is 8.83 Å². The van der Waals surface area contributed by atoms with Gasteiger partial charge in [-0.25, -0.2) is 0 Å². The van der Waals surface area contributed by atoms with Crippen molar-refractivity contribution in [2.24, 2.45) is 5.92 Å². The molecule has 1 fully saturated rings. The summed E-state index contributed by atoms with van der Waals surface area (Å²) in [6.07, 6.45) is 6.29. The van der Waals surface area contributed by atoms with Gasteiger partial charge in [-0.2, -0.15) is 0 Å². The van der Waals surface area contributed by atoms with Crippen LogP contribution in [0.15, 0.2) is 227 Å². The van der Waals surface area contributed by atoms with Crippen molar-refractivity contribution in [2.45, 2.75) is 37.5 Å². The Bertz CT molecular complexity index is 3870. The van der Waals surface area contributed by atoms with Crippen molar-refractivity contribution in [2.75, 3.05) is 4.90 Å². The molecule has 1 saturated carbocycles. The molecule has 10 aromatic carbocycles. The van der Waals surface area contributed by atoms with Crippen LogP contribution in [-0.4, -0.2) is 0 Å². The van der Waals surface area contributed by atoms with Crippen molar-refractivity contribution in [1.82, 2.24) is 0 Å². The summed E-state index contributed by atoms with van der Waals surface area (Å²) in [7, 11) is 0. The van der Waals surface area contributed by atoms with Crippen LogP contribution in [0.1, 0.15) is 48.8 Å². The van der Waals surface area contributed by atoms with Crippen LogP contribution in [0.5, 0.6) is 0 Å². The van der Waals surface area contributed by atoms with Crippen molar-refractivity contribution in [3.05, 3.63) is 235 Å². The summed E-state index contributed by atoms with van der Waals surface area (Å²) in [5.74, 6) is 0.497. The van der Waals surface area contributed by atoms with E-state index in [0.29, 0.717) is 5.92 Å². The first kappa shape index (κ1) is 39.1. The molecule has 324 valence electrons. The van der Waals surface area contributed by atoms with Crippen LogP contribution >= 0.6 is 0 Å². The number of nitrogens with zero attached hydrogens (tertiary/aromatic N) is 1. The third kappa shape index (κ3) is 6.05. The van der Waals surface area contributed by atoms with Crippen molar-refractivity contribution >= 4 is 71.7 Å². The first-order chi connectivity index (χ1) is 33.7. The zero-order valence-electron chi connectivity index (χ0n) is 37.7. The van der Waals surface area contributed by atoms with Crippen LogP contribution in [0.3, 0.4) is 0 Å². The normalized spacial score (nSPS) is 14.5. The topological polar surface area (TPSA) is 29.5 Å². The molecule has 68 heavy (non-hydrogen) atoms. The maximum Gasteiger partial charge on any atom is 0.135 e.